The molecule has 1 aliphatic heterocycles. The lowest BCUT2D eigenvalue weighted by Gasteiger charge is -2.34. The van der Waals surface area contributed by atoms with Crippen LogP contribution in [-0.2, 0) is 11.2 Å². The molecule has 3 rings (SSSR count). The standard InChI is InChI=1S/C23H30N2O/c1-3-8-22(9-4-1)12-7-14-24-15-17-25(18-16-24)19-21-26-20-13-23-10-5-2-6-11-23/h1-12H,13-21H2/b12-7+. The highest BCUT2D eigenvalue weighted by Crippen LogP contribution is 2.05. The molecule has 1 fully saturated rings. The van der Waals surface area contributed by atoms with Crippen molar-refractivity contribution in [1.29, 1.82) is 0 Å². The quantitative estimate of drug-likeness (QED) is 0.643. The summed E-state index contributed by atoms with van der Waals surface area (Å²) in [6, 6.07) is 21.1. The van der Waals surface area contributed by atoms with E-state index in [-0.39, 0.29) is 0 Å². The van der Waals surface area contributed by atoms with Crippen LogP contribution in [0.4, 0.5) is 0 Å². The van der Waals surface area contributed by atoms with Gasteiger partial charge in [0.2, 0.25) is 0 Å². The van der Waals surface area contributed by atoms with E-state index in [4.69, 9.17) is 4.74 Å². The summed E-state index contributed by atoms with van der Waals surface area (Å²) >= 11 is 0. The molecule has 3 heteroatoms. The van der Waals surface area contributed by atoms with Crippen LogP contribution in [0.2, 0.25) is 0 Å². The maximum Gasteiger partial charge on any atom is 0.0593 e. The number of piperazine rings is 1. The molecule has 0 atom stereocenters. The smallest absolute Gasteiger partial charge is 0.0593 e. The first kappa shape index (κ1) is 18.8. The first-order valence-corrected chi connectivity index (χ1v) is 9.68. The second-order valence-electron chi connectivity index (χ2n) is 6.80. The minimum Gasteiger partial charge on any atom is -0.380 e. The van der Waals surface area contributed by atoms with E-state index >= 15 is 0 Å². The molecule has 0 spiro atoms. The lowest BCUT2D eigenvalue weighted by molar-refractivity contribution is 0.0800. The molecule has 0 radical (unpaired) electrons. The van der Waals surface area contributed by atoms with E-state index in [0.29, 0.717) is 0 Å². The lowest BCUT2D eigenvalue weighted by Crippen LogP contribution is -2.47. The predicted molar refractivity (Wildman–Crippen MR) is 109 cm³/mol. The maximum atomic E-state index is 5.81. The molecule has 3 nitrogen and oxygen atoms in total. The Balaban J connectivity index is 1.24. The van der Waals surface area contributed by atoms with Crippen molar-refractivity contribution in [2.24, 2.45) is 0 Å². The van der Waals surface area contributed by atoms with E-state index in [2.05, 4.69) is 82.6 Å². The SMILES string of the molecule is C(=C\c1ccccc1)/CN1CCN(CCOCCc2ccccc2)CC1. The minimum atomic E-state index is 0.814. The van der Waals surface area contributed by atoms with Crippen molar-refractivity contribution in [2.45, 2.75) is 6.42 Å². The van der Waals surface area contributed by atoms with E-state index < -0.39 is 0 Å². The summed E-state index contributed by atoms with van der Waals surface area (Å²) in [7, 11) is 0. The lowest BCUT2D eigenvalue weighted by atomic mass is 10.2. The second kappa shape index (κ2) is 10.9. The fourth-order valence-corrected chi connectivity index (χ4v) is 3.23. The van der Waals surface area contributed by atoms with Gasteiger partial charge in [-0.25, -0.2) is 0 Å². The van der Waals surface area contributed by atoms with Crippen LogP contribution >= 0.6 is 0 Å². The number of nitrogens with zero attached hydrogens (tertiary/aromatic N) is 2. The van der Waals surface area contributed by atoms with Gasteiger partial charge < -0.3 is 4.74 Å². The molecule has 0 aromatic heterocycles. The van der Waals surface area contributed by atoms with Crippen LogP contribution in [0.1, 0.15) is 11.1 Å². The third-order valence-corrected chi connectivity index (χ3v) is 4.87. The molecule has 138 valence electrons. The first-order chi connectivity index (χ1) is 12.9. The Morgan fingerprint density at radius 2 is 1.42 bits per heavy atom. The van der Waals surface area contributed by atoms with Gasteiger partial charge in [-0.2, -0.15) is 0 Å². The summed E-state index contributed by atoms with van der Waals surface area (Å²) in [5.41, 5.74) is 2.63. The molecule has 1 heterocycles. The third-order valence-electron chi connectivity index (χ3n) is 4.87. The number of ether oxygens (including phenoxy) is 1. The van der Waals surface area contributed by atoms with Gasteiger partial charge in [-0.05, 0) is 17.5 Å². The first-order valence-electron chi connectivity index (χ1n) is 9.68. The molecule has 1 aliphatic rings. The van der Waals surface area contributed by atoms with E-state index in [9.17, 15) is 0 Å². The monoisotopic (exact) mass is 350 g/mol. The van der Waals surface area contributed by atoms with Crippen LogP contribution < -0.4 is 0 Å². The molecule has 2 aromatic rings. The van der Waals surface area contributed by atoms with Crippen molar-refractivity contribution in [3.8, 4) is 0 Å². The molecule has 26 heavy (non-hydrogen) atoms. The molecule has 1 saturated heterocycles. The van der Waals surface area contributed by atoms with E-state index in [1.54, 1.807) is 0 Å². The normalized spacial score (nSPS) is 16.3. The zero-order valence-corrected chi connectivity index (χ0v) is 15.6. The number of hydrogen-bond acceptors (Lipinski definition) is 3. The zero-order chi connectivity index (χ0) is 17.9. The van der Waals surface area contributed by atoms with Gasteiger partial charge in [0.05, 0.1) is 13.2 Å². The Kier molecular flexibility index (Phi) is 7.91. The minimum absolute atomic E-state index is 0.814. The molecule has 0 aliphatic carbocycles. The Morgan fingerprint density at radius 3 is 2.15 bits per heavy atom. The maximum absolute atomic E-state index is 5.81. The third kappa shape index (κ3) is 6.75. The van der Waals surface area contributed by atoms with Gasteiger partial charge in [0, 0.05) is 39.3 Å². The van der Waals surface area contributed by atoms with Crippen LogP contribution in [0.3, 0.4) is 0 Å². The van der Waals surface area contributed by atoms with Crippen molar-refractivity contribution in [2.75, 3.05) is 52.5 Å². The summed E-state index contributed by atoms with van der Waals surface area (Å²) in [6.07, 6.45) is 5.49. The molecule has 0 saturated carbocycles. The van der Waals surface area contributed by atoms with Gasteiger partial charge in [0.25, 0.3) is 0 Å². The van der Waals surface area contributed by atoms with E-state index in [1.165, 1.54) is 11.1 Å². The topological polar surface area (TPSA) is 15.7 Å². The highest BCUT2D eigenvalue weighted by Gasteiger charge is 2.15. The van der Waals surface area contributed by atoms with Crippen molar-refractivity contribution < 1.29 is 4.74 Å². The van der Waals surface area contributed by atoms with Gasteiger partial charge in [-0.3, -0.25) is 9.80 Å². The molecular formula is C23H30N2O. The average Bonchev–Trinajstić information content (AvgIpc) is 2.70. The largest absolute Gasteiger partial charge is 0.380 e. The van der Waals surface area contributed by atoms with E-state index in [1.807, 2.05) is 0 Å². The Bertz CT molecular complexity index is 634. The van der Waals surface area contributed by atoms with Crippen LogP contribution in [0.15, 0.2) is 66.7 Å². The van der Waals surface area contributed by atoms with Gasteiger partial charge in [0.15, 0.2) is 0 Å². The molecule has 2 aromatic carbocycles. The fourth-order valence-electron chi connectivity index (χ4n) is 3.23. The molecule has 0 unspecified atom stereocenters. The molecular weight excluding hydrogens is 320 g/mol. The van der Waals surface area contributed by atoms with Crippen molar-refractivity contribution in [3.05, 3.63) is 77.9 Å². The highest BCUT2D eigenvalue weighted by molar-refractivity contribution is 5.48. The van der Waals surface area contributed by atoms with Crippen LogP contribution in [0.25, 0.3) is 6.08 Å². The van der Waals surface area contributed by atoms with Crippen LogP contribution in [0, 0.1) is 0 Å². The summed E-state index contributed by atoms with van der Waals surface area (Å²) in [5, 5.41) is 0. The fraction of sp³-hybridized carbons (Fsp3) is 0.391. The Morgan fingerprint density at radius 1 is 0.769 bits per heavy atom. The van der Waals surface area contributed by atoms with Crippen LogP contribution in [0.5, 0.6) is 0 Å². The van der Waals surface area contributed by atoms with Crippen molar-refractivity contribution in [1.82, 2.24) is 9.80 Å². The Labute approximate surface area is 157 Å². The van der Waals surface area contributed by atoms with Gasteiger partial charge in [0.1, 0.15) is 0 Å². The summed E-state index contributed by atoms with van der Waals surface area (Å²) in [4.78, 5) is 5.03. The van der Waals surface area contributed by atoms with Gasteiger partial charge in [-0.1, -0.05) is 72.8 Å². The highest BCUT2D eigenvalue weighted by atomic mass is 16.5. The molecule has 0 amide bonds. The molecule has 0 bridgehead atoms. The summed E-state index contributed by atoms with van der Waals surface area (Å²) in [5.74, 6) is 0. The van der Waals surface area contributed by atoms with E-state index in [0.717, 1.165) is 58.9 Å². The number of benzene rings is 2. The zero-order valence-electron chi connectivity index (χ0n) is 15.6. The predicted octanol–water partition coefficient (Wildman–Crippen LogP) is 3.58. The Hall–Kier alpha value is -1.94. The van der Waals surface area contributed by atoms with Gasteiger partial charge >= 0.3 is 0 Å². The molecule has 0 N–H and O–H groups in total. The van der Waals surface area contributed by atoms with Crippen LogP contribution in [-0.4, -0.2) is 62.3 Å². The van der Waals surface area contributed by atoms with Gasteiger partial charge in [-0.15, -0.1) is 0 Å². The average molecular weight is 351 g/mol. The van der Waals surface area contributed by atoms with Crippen molar-refractivity contribution in [3.63, 3.8) is 0 Å². The second-order valence-corrected chi connectivity index (χ2v) is 6.80. The van der Waals surface area contributed by atoms with Crippen molar-refractivity contribution >= 4 is 6.08 Å². The summed E-state index contributed by atoms with van der Waals surface area (Å²) in [6.45, 7) is 8.29. The number of rotatable bonds is 9. The number of hydrogen-bond donors (Lipinski definition) is 0. The summed E-state index contributed by atoms with van der Waals surface area (Å²) < 4.78 is 5.81.